The highest BCUT2D eigenvalue weighted by Crippen LogP contribution is 2.29. The highest BCUT2D eigenvalue weighted by atomic mass is 16.5. The van der Waals surface area contributed by atoms with Gasteiger partial charge in [-0.3, -0.25) is 0 Å². The van der Waals surface area contributed by atoms with Gasteiger partial charge in [-0.2, -0.15) is 10.2 Å². The Morgan fingerprint density at radius 1 is 1.31 bits per heavy atom. The Morgan fingerprint density at radius 2 is 2.00 bits per heavy atom. The maximum atomic E-state index is 6.32. The molecule has 0 saturated carbocycles. The molecule has 0 bridgehead atoms. The van der Waals surface area contributed by atoms with Gasteiger partial charge in [-0.1, -0.05) is 0 Å². The Bertz CT molecular complexity index is 361. The molecular weight excluding hydrogens is 202 g/mol. The van der Waals surface area contributed by atoms with E-state index in [0.29, 0.717) is 5.92 Å². The van der Waals surface area contributed by atoms with Crippen molar-refractivity contribution < 1.29 is 4.74 Å². The van der Waals surface area contributed by atoms with E-state index in [9.17, 15) is 0 Å². The average Bonchev–Trinajstić information content (AvgIpc) is 2.32. The van der Waals surface area contributed by atoms with E-state index in [1.165, 1.54) is 0 Å². The molecule has 0 aliphatic carbocycles. The average molecular weight is 221 g/mol. The summed E-state index contributed by atoms with van der Waals surface area (Å²) in [5, 5.41) is 8.17. The summed E-state index contributed by atoms with van der Waals surface area (Å²) in [6.07, 6.45) is 2.09. The van der Waals surface area contributed by atoms with Crippen molar-refractivity contribution in [1.82, 2.24) is 10.2 Å². The molecule has 0 spiro atoms. The van der Waals surface area contributed by atoms with Crippen LogP contribution in [-0.4, -0.2) is 23.4 Å². The van der Waals surface area contributed by atoms with Gasteiger partial charge in [0.25, 0.3) is 0 Å². The summed E-state index contributed by atoms with van der Waals surface area (Å²) in [6.45, 7) is 5.58. The number of nitrogens with zero attached hydrogens (tertiary/aromatic N) is 2. The second kappa shape index (κ2) is 4.89. The van der Waals surface area contributed by atoms with Crippen molar-refractivity contribution in [2.45, 2.75) is 32.7 Å². The molecule has 1 unspecified atom stereocenters. The van der Waals surface area contributed by atoms with Crippen LogP contribution in [0.5, 0.6) is 0 Å². The van der Waals surface area contributed by atoms with Gasteiger partial charge >= 0.3 is 0 Å². The minimum Gasteiger partial charge on any atom is -0.381 e. The number of ether oxygens (including phenoxy) is 1. The van der Waals surface area contributed by atoms with Gasteiger partial charge in [0.2, 0.25) is 0 Å². The topological polar surface area (TPSA) is 61.0 Å². The molecule has 1 aliphatic heterocycles. The molecule has 0 amide bonds. The Hall–Kier alpha value is -1.00. The number of nitrogens with two attached hydrogens (primary N) is 1. The van der Waals surface area contributed by atoms with Gasteiger partial charge in [-0.05, 0) is 44.2 Å². The van der Waals surface area contributed by atoms with E-state index in [4.69, 9.17) is 10.5 Å². The lowest BCUT2D eigenvalue weighted by Crippen LogP contribution is -2.28. The molecule has 1 atom stereocenters. The van der Waals surface area contributed by atoms with Gasteiger partial charge in [-0.15, -0.1) is 0 Å². The molecule has 0 aromatic carbocycles. The lowest BCUT2D eigenvalue weighted by atomic mass is 9.87. The van der Waals surface area contributed by atoms with E-state index < -0.39 is 0 Å². The smallest absolute Gasteiger partial charge is 0.0648 e. The van der Waals surface area contributed by atoms with Crippen LogP contribution in [0.4, 0.5) is 0 Å². The van der Waals surface area contributed by atoms with E-state index in [2.05, 4.69) is 16.3 Å². The Balaban J connectivity index is 2.18. The van der Waals surface area contributed by atoms with Gasteiger partial charge in [0.05, 0.1) is 11.4 Å². The van der Waals surface area contributed by atoms with Gasteiger partial charge in [-0.25, -0.2) is 0 Å². The van der Waals surface area contributed by atoms with Gasteiger partial charge in [0.15, 0.2) is 0 Å². The Morgan fingerprint density at radius 3 is 2.69 bits per heavy atom. The van der Waals surface area contributed by atoms with E-state index in [0.717, 1.165) is 43.0 Å². The molecule has 2 heterocycles. The number of hydrogen-bond acceptors (Lipinski definition) is 4. The van der Waals surface area contributed by atoms with Crippen LogP contribution in [0.3, 0.4) is 0 Å². The van der Waals surface area contributed by atoms with Crippen LogP contribution in [0.1, 0.15) is 35.8 Å². The maximum absolute atomic E-state index is 6.32. The molecule has 2 N–H and O–H groups in total. The normalized spacial score (nSPS) is 19.7. The summed E-state index contributed by atoms with van der Waals surface area (Å²) in [4.78, 5) is 0. The number of aromatic nitrogens is 2. The van der Waals surface area contributed by atoms with Gasteiger partial charge < -0.3 is 10.5 Å². The highest BCUT2D eigenvalue weighted by molar-refractivity contribution is 5.24. The van der Waals surface area contributed by atoms with Crippen molar-refractivity contribution in [3.8, 4) is 0 Å². The summed E-state index contributed by atoms with van der Waals surface area (Å²) in [5.41, 5.74) is 9.34. The van der Waals surface area contributed by atoms with E-state index in [-0.39, 0.29) is 6.04 Å². The molecule has 1 aromatic heterocycles. The fourth-order valence-electron chi connectivity index (χ4n) is 2.24. The molecule has 4 nitrogen and oxygen atoms in total. The van der Waals surface area contributed by atoms with E-state index >= 15 is 0 Å². The van der Waals surface area contributed by atoms with Crippen LogP contribution in [0.2, 0.25) is 0 Å². The third kappa shape index (κ3) is 2.39. The molecule has 88 valence electrons. The molecular formula is C12H19N3O. The first-order valence-corrected chi connectivity index (χ1v) is 5.82. The van der Waals surface area contributed by atoms with Gasteiger partial charge in [0, 0.05) is 19.3 Å². The standard InChI is InChI=1S/C12H19N3O/c1-8-7-11(9(2)15-14-8)12(13)10-3-5-16-6-4-10/h7,10,12H,3-6,13H2,1-2H3. The first kappa shape index (κ1) is 11.5. The zero-order valence-electron chi connectivity index (χ0n) is 9.94. The minimum absolute atomic E-state index is 0.0677. The van der Waals surface area contributed by atoms with Crippen LogP contribution in [0.25, 0.3) is 0 Å². The predicted octanol–water partition coefficient (Wildman–Crippen LogP) is 1.52. The van der Waals surface area contributed by atoms with Crippen molar-refractivity contribution in [2.75, 3.05) is 13.2 Å². The van der Waals surface area contributed by atoms with Crippen LogP contribution >= 0.6 is 0 Å². The number of hydrogen-bond donors (Lipinski definition) is 1. The van der Waals surface area contributed by atoms with Crippen molar-refractivity contribution >= 4 is 0 Å². The van der Waals surface area contributed by atoms with E-state index in [1.807, 2.05) is 13.8 Å². The summed E-state index contributed by atoms with van der Waals surface area (Å²) >= 11 is 0. The first-order chi connectivity index (χ1) is 7.68. The Kier molecular flexibility index (Phi) is 3.51. The zero-order chi connectivity index (χ0) is 11.5. The summed E-state index contributed by atoms with van der Waals surface area (Å²) in [7, 11) is 0. The fourth-order valence-corrected chi connectivity index (χ4v) is 2.24. The molecule has 1 aromatic rings. The SMILES string of the molecule is Cc1cc(C(N)C2CCOCC2)c(C)nn1. The van der Waals surface area contributed by atoms with Crippen molar-refractivity contribution in [2.24, 2.45) is 11.7 Å². The van der Waals surface area contributed by atoms with Gasteiger partial charge in [0.1, 0.15) is 0 Å². The number of aryl methyl sites for hydroxylation is 2. The lowest BCUT2D eigenvalue weighted by Gasteiger charge is -2.28. The third-order valence-electron chi connectivity index (χ3n) is 3.27. The molecule has 1 saturated heterocycles. The summed E-state index contributed by atoms with van der Waals surface area (Å²) < 4.78 is 5.36. The quantitative estimate of drug-likeness (QED) is 0.822. The molecule has 16 heavy (non-hydrogen) atoms. The molecule has 1 fully saturated rings. The largest absolute Gasteiger partial charge is 0.381 e. The van der Waals surface area contributed by atoms with Crippen molar-refractivity contribution in [1.29, 1.82) is 0 Å². The van der Waals surface area contributed by atoms with Crippen LogP contribution in [0.15, 0.2) is 6.07 Å². The van der Waals surface area contributed by atoms with Crippen molar-refractivity contribution in [3.63, 3.8) is 0 Å². The second-order valence-electron chi connectivity index (χ2n) is 4.50. The summed E-state index contributed by atoms with van der Waals surface area (Å²) in [6, 6.07) is 2.13. The summed E-state index contributed by atoms with van der Waals surface area (Å²) in [5.74, 6) is 0.510. The van der Waals surface area contributed by atoms with Crippen LogP contribution < -0.4 is 5.73 Å². The van der Waals surface area contributed by atoms with Crippen LogP contribution in [0, 0.1) is 19.8 Å². The molecule has 2 rings (SSSR count). The van der Waals surface area contributed by atoms with Crippen LogP contribution in [-0.2, 0) is 4.74 Å². The molecule has 1 aliphatic rings. The number of rotatable bonds is 2. The second-order valence-corrected chi connectivity index (χ2v) is 4.50. The zero-order valence-corrected chi connectivity index (χ0v) is 9.94. The van der Waals surface area contributed by atoms with Crippen molar-refractivity contribution in [3.05, 3.63) is 23.0 Å². The fraction of sp³-hybridized carbons (Fsp3) is 0.667. The first-order valence-electron chi connectivity index (χ1n) is 5.82. The maximum Gasteiger partial charge on any atom is 0.0648 e. The lowest BCUT2D eigenvalue weighted by molar-refractivity contribution is 0.0582. The molecule has 4 heteroatoms. The predicted molar refractivity (Wildman–Crippen MR) is 62.0 cm³/mol. The third-order valence-corrected chi connectivity index (χ3v) is 3.27. The van der Waals surface area contributed by atoms with E-state index in [1.54, 1.807) is 0 Å². The minimum atomic E-state index is 0.0677. The monoisotopic (exact) mass is 221 g/mol. The Labute approximate surface area is 96.2 Å². The molecule has 0 radical (unpaired) electrons. The highest BCUT2D eigenvalue weighted by Gasteiger charge is 2.23.